The summed E-state index contributed by atoms with van der Waals surface area (Å²) in [6.45, 7) is 1.64. The van der Waals surface area contributed by atoms with Crippen LogP contribution < -0.4 is 25.8 Å². The third kappa shape index (κ3) is 5.19. The van der Waals surface area contributed by atoms with Crippen LogP contribution in [0.4, 0.5) is 17.5 Å². The lowest BCUT2D eigenvalue weighted by atomic mass is 10.2. The maximum atomic E-state index is 12.6. The lowest BCUT2D eigenvalue weighted by molar-refractivity contribution is -0.122. The summed E-state index contributed by atoms with van der Waals surface area (Å²) in [4.78, 5) is 35.4. The van der Waals surface area contributed by atoms with Gasteiger partial charge >= 0.3 is 0 Å². The zero-order valence-electron chi connectivity index (χ0n) is 18.7. The van der Waals surface area contributed by atoms with Crippen molar-refractivity contribution < 1.29 is 9.53 Å². The molecule has 1 fully saturated rings. The van der Waals surface area contributed by atoms with Gasteiger partial charge in [0.05, 0.1) is 11.7 Å². The number of nitrogens with one attached hydrogen (secondary N) is 2. The van der Waals surface area contributed by atoms with Crippen LogP contribution in [0, 0.1) is 0 Å². The van der Waals surface area contributed by atoms with E-state index < -0.39 is 0 Å². The summed E-state index contributed by atoms with van der Waals surface area (Å²) in [5.41, 5.74) is 1.17. The van der Waals surface area contributed by atoms with Gasteiger partial charge in [-0.1, -0.05) is 24.4 Å². The molecule has 0 bridgehead atoms. The fraction of sp³-hybridized carbons (Fsp3) is 0.391. The number of halogens is 1. The molecule has 1 aliphatic heterocycles. The van der Waals surface area contributed by atoms with Crippen LogP contribution in [-0.4, -0.2) is 47.2 Å². The largest absolute Gasteiger partial charge is 0.478 e. The minimum absolute atomic E-state index is 0.106. The number of likely N-dealkylation sites (N-methyl/N-ethyl adjacent to an activating group) is 1. The molecule has 0 saturated carbocycles. The predicted octanol–water partition coefficient (Wildman–Crippen LogP) is 3.23. The maximum absolute atomic E-state index is 12.6. The van der Waals surface area contributed by atoms with E-state index >= 15 is 0 Å². The smallest absolute Gasteiger partial charge is 0.293 e. The molecule has 2 aromatic heterocycles. The molecule has 0 unspecified atom stereocenters. The molecular formula is C23H27ClN6O3. The number of aryl methyl sites for hydroxylation is 1. The Balaban J connectivity index is 1.62. The van der Waals surface area contributed by atoms with Gasteiger partial charge < -0.3 is 24.8 Å². The third-order valence-electron chi connectivity index (χ3n) is 5.71. The van der Waals surface area contributed by atoms with Crippen LogP contribution in [0.25, 0.3) is 10.9 Å². The van der Waals surface area contributed by atoms with Crippen molar-refractivity contribution in [2.24, 2.45) is 7.05 Å². The molecule has 0 radical (unpaired) electrons. The maximum Gasteiger partial charge on any atom is 0.293 e. The van der Waals surface area contributed by atoms with Crippen LogP contribution in [0.1, 0.15) is 25.7 Å². The monoisotopic (exact) mass is 470 g/mol. The molecular weight excluding hydrogens is 444 g/mol. The zero-order chi connectivity index (χ0) is 23.4. The Morgan fingerprint density at radius 3 is 2.67 bits per heavy atom. The van der Waals surface area contributed by atoms with Crippen LogP contribution in [-0.2, 0) is 11.8 Å². The van der Waals surface area contributed by atoms with Crippen LogP contribution in [0.2, 0.25) is 5.02 Å². The Hall–Kier alpha value is -3.33. The molecule has 9 nitrogen and oxygen atoms in total. The molecule has 1 aliphatic rings. The van der Waals surface area contributed by atoms with Gasteiger partial charge in [-0.25, -0.2) is 4.98 Å². The summed E-state index contributed by atoms with van der Waals surface area (Å²) < 4.78 is 6.93. The molecule has 1 amide bonds. The van der Waals surface area contributed by atoms with Gasteiger partial charge in [-0.05, 0) is 37.1 Å². The highest BCUT2D eigenvalue weighted by Gasteiger charge is 2.15. The number of hydrogen-bond donors (Lipinski definition) is 2. The van der Waals surface area contributed by atoms with Gasteiger partial charge in [0.2, 0.25) is 5.95 Å². The Kier molecular flexibility index (Phi) is 6.98. The van der Waals surface area contributed by atoms with E-state index in [1.54, 1.807) is 19.3 Å². The van der Waals surface area contributed by atoms with E-state index in [1.807, 2.05) is 18.2 Å². The van der Waals surface area contributed by atoms with Gasteiger partial charge in [0, 0.05) is 38.3 Å². The van der Waals surface area contributed by atoms with Crippen LogP contribution in [0.15, 0.2) is 35.3 Å². The molecule has 174 valence electrons. The number of rotatable bonds is 6. The molecule has 3 heterocycles. The summed E-state index contributed by atoms with van der Waals surface area (Å²) in [7, 11) is 3.18. The number of fused-ring (bicyclic) bond motifs is 1. The topological polar surface area (TPSA) is 101 Å². The highest BCUT2D eigenvalue weighted by Crippen LogP contribution is 2.28. The molecule has 1 aromatic carbocycles. The first-order chi connectivity index (χ1) is 16.0. The number of pyridine rings is 1. The number of ether oxygens (including phenoxy) is 1. The molecule has 10 heteroatoms. The van der Waals surface area contributed by atoms with Crippen LogP contribution >= 0.6 is 11.6 Å². The average molecular weight is 471 g/mol. The zero-order valence-corrected chi connectivity index (χ0v) is 19.5. The minimum atomic E-state index is -0.314. The van der Waals surface area contributed by atoms with Crippen LogP contribution in [0.5, 0.6) is 5.75 Å². The molecule has 3 aromatic rings. The first-order valence-corrected chi connectivity index (χ1v) is 11.4. The normalized spacial score (nSPS) is 14.1. The minimum Gasteiger partial charge on any atom is -0.478 e. The summed E-state index contributed by atoms with van der Waals surface area (Å²) >= 11 is 6.38. The van der Waals surface area contributed by atoms with E-state index in [2.05, 4.69) is 25.5 Å². The molecule has 1 saturated heterocycles. The fourth-order valence-corrected chi connectivity index (χ4v) is 3.99. The van der Waals surface area contributed by atoms with E-state index in [4.69, 9.17) is 16.3 Å². The van der Waals surface area contributed by atoms with Gasteiger partial charge in [-0.2, -0.15) is 4.98 Å². The highest BCUT2D eigenvalue weighted by atomic mass is 35.5. The SMILES string of the molecule is CNC(=O)COc1cc2cc(Nc3nc(N4CCCCCC4)ncc3Cl)ccc2n(C)c1=O. The second-order valence-electron chi connectivity index (χ2n) is 8.00. The van der Waals surface area contributed by atoms with Crippen molar-refractivity contribution >= 4 is 45.9 Å². The number of benzene rings is 1. The number of aromatic nitrogens is 3. The van der Waals surface area contributed by atoms with Gasteiger partial charge in [-0.3, -0.25) is 9.59 Å². The van der Waals surface area contributed by atoms with Crippen molar-refractivity contribution in [1.82, 2.24) is 19.9 Å². The summed E-state index contributed by atoms with van der Waals surface area (Å²) in [6.07, 6.45) is 6.32. The number of anilines is 3. The van der Waals surface area contributed by atoms with Crippen molar-refractivity contribution in [3.8, 4) is 5.75 Å². The Morgan fingerprint density at radius 2 is 1.94 bits per heavy atom. The second kappa shape index (κ2) is 10.1. The van der Waals surface area contributed by atoms with Crippen molar-refractivity contribution in [3.05, 3.63) is 45.8 Å². The fourth-order valence-electron chi connectivity index (χ4n) is 3.86. The van der Waals surface area contributed by atoms with Crippen LogP contribution in [0.3, 0.4) is 0 Å². The molecule has 2 N–H and O–H groups in total. The Morgan fingerprint density at radius 1 is 1.18 bits per heavy atom. The lowest BCUT2D eigenvalue weighted by Crippen LogP contribution is -2.27. The molecule has 0 spiro atoms. The molecule has 0 atom stereocenters. The average Bonchev–Trinajstić information content (AvgIpc) is 3.11. The van der Waals surface area contributed by atoms with Crippen molar-refractivity contribution in [1.29, 1.82) is 0 Å². The lowest BCUT2D eigenvalue weighted by Gasteiger charge is -2.21. The van der Waals surface area contributed by atoms with E-state index in [-0.39, 0.29) is 23.8 Å². The number of hydrogen-bond acceptors (Lipinski definition) is 7. The van der Waals surface area contributed by atoms with E-state index in [0.29, 0.717) is 16.8 Å². The van der Waals surface area contributed by atoms with Crippen molar-refractivity contribution in [2.75, 3.05) is 37.0 Å². The van der Waals surface area contributed by atoms with Gasteiger partial charge in [-0.15, -0.1) is 0 Å². The summed E-state index contributed by atoms with van der Waals surface area (Å²) in [6, 6.07) is 7.21. The number of carbonyl (C=O) groups is 1. The first-order valence-electron chi connectivity index (χ1n) is 11.0. The Bertz CT molecular complexity index is 1220. The van der Waals surface area contributed by atoms with Crippen molar-refractivity contribution in [3.63, 3.8) is 0 Å². The van der Waals surface area contributed by atoms with E-state index in [9.17, 15) is 9.59 Å². The Labute approximate surface area is 196 Å². The quantitative estimate of drug-likeness (QED) is 0.570. The first kappa shape index (κ1) is 22.8. The molecule has 4 rings (SSSR count). The molecule has 33 heavy (non-hydrogen) atoms. The number of amides is 1. The number of carbonyl (C=O) groups excluding carboxylic acids is 1. The standard InChI is InChI=1S/C23H27ClN6O3/c1-25-20(31)14-33-19-12-15-11-16(7-8-18(15)29(2)22(19)32)27-21-17(24)13-26-23(28-21)30-9-5-3-4-6-10-30/h7-8,11-13H,3-6,9-10,14H2,1-2H3,(H,25,31)(H,26,27,28). The van der Waals surface area contributed by atoms with E-state index in [1.165, 1.54) is 24.5 Å². The summed E-state index contributed by atoms with van der Waals surface area (Å²) in [5, 5.41) is 6.93. The second-order valence-corrected chi connectivity index (χ2v) is 8.41. The van der Waals surface area contributed by atoms with E-state index in [0.717, 1.165) is 42.5 Å². The predicted molar refractivity (Wildman–Crippen MR) is 130 cm³/mol. The van der Waals surface area contributed by atoms with Crippen molar-refractivity contribution in [2.45, 2.75) is 25.7 Å². The van der Waals surface area contributed by atoms with Gasteiger partial charge in [0.15, 0.2) is 18.2 Å². The highest BCUT2D eigenvalue weighted by molar-refractivity contribution is 6.32. The molecule has 0 aliphatic carbocycles. The summed E-state index contributed by atoms with van der Waals surface area (Å²) in [5.74, 6) is 0.975. The van der Waals surface area contributed by atoms with Gasteiger partial charge in [0.25, 0.3) is 11.5 Å². The van der Waals surface area contributed by atoms with Gasteiger partial charge in [0.1, 0.15) is 5.02 Å². The number of nitrogens with zero attached hydrogens (tertiary/aromatic N) is 4. The third-order valence-corrected chi connectivity index (χ3v) is 5.99.